The highest BCUT2D eigenvalue weighted by molar-refractivity contribution is 5.92. The zero-order valence-corrected chi connectivity index (χ0v) is 17.6. The highest BCUT2D eigenvalue weighted by atomic mass is 16.5. The maximum atomic E-state index is 11.6. The molecule has 0 aliphatic heterocycles. The van der Waals surface area contributed by atoms with Crippen molar-refractivity contribution in [1.29, 1.82) is 0 Å². The molecule has 0 aromatic heterocycles. The van der Waals surface area contributed by atoms with E-state index in [1.165, 1.54) is 18.7 Å². The molecule has 8 heteroatoms. The van der Waals surface area contributed by atoms with Gasteiger partial charge in [-0.05, 0) is 36.4 Å². The average Bonchev–Trinajstić information content (AvgIpc) is 2.72. The topological polar surface area (TPSA) is 100 Å². The van der Waals surface area contributed by atoms with Gasteiger partial charge in [0.15, 0.2) is 0 Å². The van der Waals surface area contributed by atoms with Gasteiger partial charge in [-0.3, -0.25) is 9.59 Å². The van der Waals surface area contributed by atoms with Crippen LogP contribution in [0.5, 0.6) is 11.5 Å². The van der Waals surface area contributed by atoms with Crippen molar-refractivity contribution in [2.24, 2.45) is 0 Å². The lowest BCUT2D eigenvalue weighted by molar-refractivity contribution is -0.116. The summed E-state index contributed by atoms with van der Waals surface area (Å²) in [6, 6.07) is 14.3. The van der Waals surface area contributed by atoms with Crippen molar-refractivity contribution in [1.82, 2.24) is 5.32 Å². The Labute approximate surface area is 176 Å². The summed E-state index contributed by atoms with van der Waals surface area (Å²) >= 11 is 0. The lowest BCUT2D eigenvalue weighted by Crippen LogP contribution is -2.34. The Morgan fingerprint density at radius 1 is 1.07 bits per heavy atom. The monoisotopic (exact) mass is 415 g/mol. The van der Waals surface area contributed by atoms with E-state index < -0.39 is 6.10 Å². The average molecular weight is 415 g/mol. The van der Waals surface area contributed by atoms with Crippen molar-refractivity contribution < 1.29 is 24.2 Å². The fourth-order valence-electron chi connectivity index (χ4n) is 2.62. The van der Waals surface area contributed by atoms with Gasteiger partial charge in [0, 0.05) is 39.7 Å². The molecule has 0 fully saturated rings. The van der Waals surface area contributed by atoms with Crippen molar-refractivity contribution in [3.63, 3.8) is 0 Å². The molecule has 30 heavy (non-hydrogen) atoms. The molecule has 0 saturated heterocycles. The standard InChI is InChI=1S/C22H29N3O5/c1-16(26)24-18-8-10-20(11-9-18)29-13-12-23-14-19(28)15-30-22-7-5-4-6-21(22)25(3)17(2)27/h4-11,19,23,28H,12-15H2,1-3H3,(H,24,26). The lowest BCUT2D eigenvalue weighted by atomic mass is 10.2. The first-order valence-corrected chi connectivity index (χ1v) is 9.72. The van der Waals surface area contributed by atoms with Gasteiger partial charge in [0.05, 0.1) is 5.69 Å². The van der Waals surface area contributed by atoms with E-state index in [1.54, 1.807) is 43.4 Å². The number of aliphatic hydroxyl groups excluding tert-OH is 1. The van der Waals surface area contributed by atoms with E-state index >= 15 is 0 Å². The number of benzene rings is 2. The van der Waals surface area contributed by atoms with Gasteiger partial charge in [-0.15, -0.1) is 0 Å². The van der Waals surface area contributed by atoms with Crippen LogP contribution in [0.3, 0.4) is 0 Å². The molecule has 3 N–H and O–H groups in total. The minimum Gasteiger partial charge on any atom is -0.492 e. The smallest absolute Gasteiger partial charge is 0.223 e. The van der Waals surface area contributed by atoms with E-state index in [9.17, 15) is 14.7 Å². The van der Waals surface area contributed by atoms with Crippen LogP contribution in [0, 0.1) is 0 Å². The quantitative estimate of drug-likeness (QED) is 0.486. The molecule has 0 saturated carbocycles. The molecular weight excluding hydrogens is 386 g/mol. The highest BCUT2D eigenvalue weighted by Gasteiger charge is 2.13. The van der Waals surface area contributed by atoms with Crippen molar-refractivity contribution in [2.45, 2.75) is 20.0 Å². The number of hydrogen-bond donors (Lipinski definition) is 3. The zero-order valence-electron chi connectivity index (χ0n) is 17.6. The number of anilines is 2. The van der Waals surface area contributed by atoms with Crippen LogP contribution >= 0.6 is 0 Å². The van der Waals surface area contributed by atoms with Gasteiger partial charge < -0.3 is 30.1 Å². The van der Waals surface area contributed by atoms with Crippen molar-refractivity contribution in [3.05, 3.63) is 48.5 Å². The number of nitrogens with zero attached hydrogens (tertiary/aromatic N) is 1. The van der Waals surface area contributed by atoms with Crippen LogP contribution in [0.1, 0.15) is 13.8 Å². The minimum absolute atomic E-state index is 0.0984. The van der Waals surface area contributed by atoms with Crippen LogP contribution in [0.25, 0.3) is 0 Å². The number of aliphatic hydroxyl groups is 1. The molecule has 1 atom stereocenters. The Bertz CT molecular complexity index is 826. The van der Waals surface area contributed by atoms with Gasteiger partial charge in [0.2, 0.25) is 11.8 Å². The molecule has 1 unspecified atom stereocenters. The number of hydrogen-bond acceptors (Lipinski definition) is 6. The normalized spacial score (nSPS) is 11.5. The Balaban J connectivity index is 1.67. The van der Waals surface area contributed by atoms with E-state index in [4.69, 9.17) is 9.47 Å². The fraction of sp³-hybridized carbons (Fsp3) is 0.364. The Hall–Kier alpha value is -3.10. The Morgan fingerprint density at radius 3 is 2.43 bits per heavy atom. The molecule has 0 aliphatic rings. The molecule has 162 valence electrons. The summed E-state index contributed by atoms with van der Waals surface area (Å²) in [7, 11) is 1.68. The summed E-state index contributed by atoms with van der Waals surface area (Å²) in [5.41, 5.74) is 1.37. The molecule has 8 nitrogen and oxygen atoms in total. The summed E-state index contributed by atoms with van der Waals surface area (Å²) in [4.78, 5) is 24.1. The molecule has 2 amide bonds. The molecule has 0 bridgehead atoms. The molecule has 0 heterocycles. The predicted molar refractivity (Wildman–Crippen MR) is 116 cm³/mol. The number of para-hydroxylation sites is 2. The second-order valence-electron chi connectivity index (χ2n) is 6.77. The first kappa shape index (κ1) is 23.2. The number of rotatable bonds is 11. The van der Waals surface area contributed by atoms with Crippen LogP contribution in [0.15, 0.2) is 48.5 Å². The largest absolute Gasteiger partial charge is 0.492 e. The van der Waals surface area contributed by atoms with Crippen LogP contribution in [-0.2, 0) is 9.59 Å². The number of nitrogens with one attached hydrogen (secondary N) is 2. The summed E-state index contributed by atoms with van der Waals surface area (Å²) in [5.74, 6) is 1.02. The third kappa shape index (κ3) is 7.73. The second-order valence-corrected chi connectivity index (χ2v) is 6.77. The van der Waals surface area contributed by atoms with Crippen LogP contribution in [0.4, 0.5) is 11.4 Å². The third-order valence-electron chi connectivity index (χ3n) is 4.23. The number of carbonyl (C=O) groups excluding carboxylic acids is 2. The number of ether oxygens (including phenoxy) is 2. The Kier molecular flexibility index (Phi) is 9.11. The first-order valence-electron chi connectivity index (χ1n) is 9.72. The molecule has 2 aromatic carbocycles. The van der Waals surface area contributed by atoms with Gasteiger partial charge in [-0.1, -0.05) is 12.1 Å². The van der Waals surface area contributed by atoms with Crippen molar-refractivity contribution in [3.8, 4) is 11.5 Å². The summed E-state index contributed by atoms with van der Waals surface area (Å²) < 4.78 is 11.3. The molecular formula is C22H29N3O5. The summed E-state index contributed by atoms with van der Waals surface area (Å²) in [5, 5.41) is 15.9. The van der Waals surface area contributed by atoms with E-state index in [2.05, 4.69) is 10.6 Å². The second kappa shape index (κ2) is 11.8. The van der Waals surface area contributed by atoms with Gasteiger partial charge in [0.25, 0.3) is 0 Å². The van der Waals surface area contributed by atoms with E-state index in [0.717, 1.165) is 0 Å². The molecule has 0 aliphatic carbocycles. The van der Waals surface area contributed by atoms with E-state index in [-0.39, 0.29) is 18.4 Å². The fourth-order valence-corrected chi connectivity index (χ4v) is 2.62. The van der Waals surface area contributed by atoms with Crippen LogP contribution < -0.4 is 25.0 Å². The maximum absolute atomic E-state index is 11.6. The minimum atomic E-state index is -0.711. The van der Waals surface area contributed by atoms with Gasteiger partial charge in [0.1, 0.15) is 30.8 Å². The van der Waals surface area contributed by atoms with Crippen molar-refractivity contribution >= 4 is 23.2 Å². The Morgan fingerprint density at radius 2 is 1.77 bits per heavy atom. The molecule has 2 rings (SSSR count). The van der Waals surface area contributed by atoms with E-state index in [1.807, 2.05) is 12.1 Å². The first-order chi connectivity index (χ1) is 14.4. The SMILES string of the molecule is CC(=O)Nc1ccc(OCCNCC(O)COc2ccccc2N(C)C(C)=O)cc1. The highest BCUT2D eigenvalue weighted by Crippen LogP contribution is 2.27. The van der Waals surface area contributed by atoms with Gasteiger partial charge >= 0.3 is 0 Å². The lowest BCUT2D eigenvalue weighted by Gasteiger charge is -2.20. The van der Waals surface area contributed by atoms with Crippen LogP contribution in [0.2, 0.25) is 0 Å². The summed E-state index contributed by atoms with van der Waals surface area (Å²) in [6.07, 6.45) is -0.711. The zero-order chi connectivity index (χ0) is 21.9. The number of carbonyl (C=O) groups is 2. The molecule has 2 aromatic rings. The predicted octanol–water partition coefficient (Wildman–Crippen LogP) is 2.04. The number of amides is 2. The maximum Gasteiger partial charge on any atom is 0.223 e. The van der Waals surface area contributed by atoms with Gasteiger partial charge in [-0.2, -0.15) is 0 Å². The molecule has 0 radical (unpaired) electrons. The van der Waals surface area contributed by atoms with E-state index in [0.29, 0.717) is 42.6 Å². The summed E-state index contributed by atoms with van der Waals surface area (Å²) in [6.45, 7) is 4.36. The van der Waals surface area contributed by atoms with Gasteiger partial charge in [-0.25, -0.2) is 0 Å². The third-order valence-corrected chi connectivity index (χ3v) is 4.23. The van der Waals surface area contributed by atoms with Crippen LogP contribution in [-0.4, -0.2) is 56.4 Å². The van der Waals surface area contributed by atoms with Crippen molar-refractivity contribution in [2.75, 3.05) is 43.6 Å². The molecule has 0 spiro atoms.